The molecule has 0 aliphatic rings. The second kappa shape index (κ2) is 8.60. The van der Waals surface area contributed by atoms with Gasteiger partial charge in [-0.25, -0.2) is 19.5 Å². The highest BCUT2D eigenvalue weighted by molar-refractivity contribution is 5.97. The zero-order chi connectivity index (χ0) is 18.2. The lowest BCUT2D eigenvalue weighted by molar-refractivity contribution is -0.148. The molecule has 25 heavy (non-hydrogen) atoms. The summed E-state index contributed by atoms with van der Waals surface area (Å²) in [5.41, 5.74) is 6.48. The summed E-state index contributed by atoms with van der Waals surface area (Å²) < 4.78 is 5.08. The smallest absolute Gasteiger partial charge is 0.417 e. The lowest BCUT2D eigenvalue weighted by Gasteiger charge is -2.25. The maximum Gasteiger partial charge on any atom is 0.417 e. The van der Waals surface area contributed by atoms with E-state index in [1.807, 2.05) is 0 Å². The van der Waals surface area contributed by atoms with Crippen LogP contribution >= 0.6 is 0 Å². The van der Waals surface area contributed by atoms with Gasteiger partial charge in [-0.2, -0.15) is 0 Å². The van der Waals surface area contributed by atoms with Gasteiger partial charge in [0.15, 0.2) is 0 Å². The number of nitrogens with one attached hydrogen (secondary N) is 1. The second-order valence-corrected chi connectivity index (χ2v) is 5.14. The van der Waals surface area contributed by atoms with Gasteiger partial charge in [0.25, 0.3) is 0 Å². The number of nitrogens with zero attached hydrogens (tertiary/aromatic N) is 2. The van der Waals surface area contributed by atoms with Crippen LogP contribution in [0.25, 0.3) is 0 Å². The molecule has 1 unspecified atom stereocenters. The average molecular weight is 346 g/mol. The molecule has 2 amide bonds. The Hall–Kier alpha value is -3.20. The summed E-state index contributed by atoms with van der Waals surface area (Å²) in [5, 5.41) is 9.44. The molecule has 0 fully saturated rings. The number of benzene rings is 1. The molecule has 0 saturated heterocycles. The lowest BCUT2D eigenvalue weighted by atomic mass is 10.1. The number of H-pyrrole nitrogens is 1. The first-order valence-electron chi connectivity index (χ1n) is 7.45. The van der Waals surface area contributed by atoms with Crippen molar-refractivity contribution in [3.05, 3.63) is 54.1 Å². The molecule has 9 nitrogen and oxygen atoms in total. The fourth-order valence-corrected chi connectivity index (χ4v) is 2.18. The van der Waals surface area contributed by atoms with Crippen LogP contribution in [0.15, 0.2) is 42.9 Å². The Balaban J connectivity index is 2.15. The summed E-state index contributed by atoms with van der Waals surface area (Å²) in [4.78, 5) is 43.0. The van der Waals surface area contributed by atoms with Crippen LogP contribution in [0.4, 0.5) is 4.79 Å². The number of nitrogens with two attached hydrogens (primary N) is 1. The summed E-state index contributed by atoms with van der Waals surface area (Å²) in [6.07, 6.45) is 1.58. The molecule has 1 heterocycles. The Morgan fingerprint density at radius 3 is 2.56 bits per heavy atom. The Morgan fingerprint density at radius 1 is 1.28 bits per heavy atom. The topological polar surface area (TPSA) is 139 Å². The van der Waals surface area contributed by atoms with E-state index in [0.717, 1.165) is 0 Å². The quantitative estimate of drug-likeness (QED) is 0.664. The third-order valence-electron chi connectivity index (χ3n) is 3.41. The van der Waals surface area contributed by atoms with E-state index in [4.69, 9.17) is 10.5 Å². The molecule has 0 spiro atoms. The summed E-state index contributed by atoms with van der Waals surface area (Å²) in [7, 11) is 0. The number of imidazole rings is 1. The second-order valence-electron chi connectivity index (χ2n) is 5.14. The maximum absolute atomic E-state index is 12.3. The number of carbonyl (C=O) groups is 3. The zero-order valence-corrected chi connectivity index (χ0v) is 13.3. The van der Waals surface area contributed by atoms with Crippen molar-refractivity contribution in [2.24, 2.45) is 5.73 Å². The molecular formula is C16H18N4O5. The Labute approximate surface area is 143 Å². The van der Waals surface area contributed by atoms with Crippen molar-refractivity contribution >= 4 is 18.0 Å². The first-order valence-corrected chi connectivity index (χ1v) is 7.45. The van der Waals surface area contributed by atoms with Crippen LogP contribution in [0, 0.1) is 0 Å². The number of aromatic amines is 1. The van der Waals surface area contributed by atoms with Gasteiger partial charge in [0.2, 0.25) is 5.91 Å². The number of carbonyl (C=O) groups excluding carboxylic acids is 2. The average Bonchev–Trinajstić information content (AvgIpc) is 3.13. The molecule has 1 aromatic heterocycles. The van der Waals surface area contributed by atoms with Crippen molar-refractivity contribution in [1.29, 1.82) is 0 Å². The molecule has 9 heteroatoms. The molecule has 2 rings (SSSR count). The van der Waals surface area contributed by atoms with Crippen molar-refractivity contribution in [2.75, 3.05) is 6.54 Å². The maximum atomic E-state index is 12.3. The number of ether oxygens (including phenoxy) is 1. The standard InChI is InChI=1S/C16H18N4O5/c17-7-14(21)20(13(15(22)23)6-12-8-18-10-19-12)16(24)25-9-11-4-2-1-3-5-11/h1-5,8,10,13H,6-7,9,17H2,(H,18,19)(H,22,23). The van der Waals surface area contributed by atoms with Gasteiger partial charge in [-0.3, -0.25) is 4.79 Å². The summed E-state index contributed by atoms with van der Waals surface area (Å²) in [5.74, 6) is -2.20. The molecule has 0 aliphatic carbocycles. The van der Waals surface area contributed by atoms with Gasteiger partial charge in [0.05, 0.1) is 12.9 Å². The largest absolute Gasteiger partial charge is 0.480 e. The van der Waals surface area contributed by atoms with Crippen LogP contribution < -0.4 is 5.73 Å². The predicted octanol–water partition coefficient (Wildman–Crippen LogP) is 0.529. The predicted molar refractivity (Wildman–Crippen MR) is 86.2 cm³/mol. The van der Waals surface area contributed by atoms with Gasteiger partial charge >= 0.3 is 12.1 Å². The minimum Gasteiger partial charge on any atom is -0.480 e. The fourth-order valence-electron chi connectivity index (χ4n) is 2.18. The Bertz CT molecular complexity index is 717. The number of amides is 2. The number of aromatic nitrogens is 2. The van der Waals surface area contributed by atoms with Crippen molar-refractivity contribution in [3.63, 3.8) is 0 Å². The van der Waals surface area contributed by atoms with E-state index in [9.17, 15) is 19.5 Å². The molecule has 0 bridgehead atoms. The molecule has 0 saturated carbocycles. The van der Waals surface area contributed by atoms with Gasteiger partial charge in [-0.1, -0.05) is 30.3 Å². The van der Waals surface area contributed by atoms with Gasteiger partial charge in [0, 0.05) is 18.3 Å². The van der Waals surface area contributed by atoms with E-state index in [2.05, 4.69) is 9.97 Å². The van der Waals surface area contributed by atoms with E-state index >= 15 is 0 Å². The van der Waals surface area contributed by atoms with Gasteiger partial charge in [0.1, 0.15) is 12.6 Å². The number of hydrogen-bond donors (Lipinski definition) is 3. The molecule has 4 N–H and O–H groups in total. The summed E-state index contributed by atoms with van der Waals surface area (Å²) >= 11 is 0. The van der Waals surface area contributed by atoms with Crippen molar-refractivity contribution < 1.29 is 24.2 Å². The zero-order valence-electron chi connectivity index (χ0n) is 13.3. The lowest BCUT2D eigenvalue weighted by Crippen LogP contribution is -2.52. The van der Waals surface area contributed by atoms with Gasteiger partial charge in [-0.05, 0) is 5.56 Å². The number of rotatable bonds is 7. The molecule has 2 aromatic rings. The van der Waals surface area contributed by atoms with E-state index in [0.29, 0.717) is 16.2 Å². The van der Waals surface area contributed by atoms with Crippen LogP contribution in [-0.2, 0) is 27.4 Å². The van der Waals surface area contributed by atoms with Gasteiger partial charge < -0.3 is 20.6 Å². The first kappa shape index (κ1) is 18.1. The van der Waals surface area contributed by atoms with E-state index in [1.165, 1.54) is 12.5 Å². The Morgan fingerprint density at radius 2 is 2.00 bits per heavy atom. The van der Waals surface area contributed by atoms with Gasteiger partial charge in [-0.15, -0.1) is 0 Å². The fraction of sp³-hybridized carbons (Fsp3) is 0.250. The molecule has 132 valence electrons. The van der Waals surface area contributed by atoms with Crippen molar-refractivity contribution in [3.8, 4) is 0 Å². The summed E-state index contributed by atoms with van der Waals surface area (Å²) in [6, 6.07) is 7.36. The summed E-state index contributed by atoms with van der Waals surface area (Å²) in [6.45, 7) is -0.613. The van der Waals surface area contributed by atoms with E-state index in [1.54, 1.807) is 30.3 Å². The number of carboxylic acid groups (broad SMARTS) is 1. The van der Waals surface area contributed by atoms with Crippen LogP contribution in [0.5, 0.6) is 0 Å². The monoisotopic (exact) mass is 346 g/mol. The van der Waals surface area contributed by atoms with E-state index in [-0.39, 0.29) is 13.0 Å². The highest BCUT2D eigenvalue weighted by Gasteiger charge is 2.35. The number of carboxylic acids is 1. The molecule has 0 aliphatic heterocycles. The van der Waals surface area contributed by atoms with Crippen LogP contribution in [0.1, 0.15) is 11.3 Å². The molecule has 0 radical (unpaired) electrons. The molecular weight excluding hydrogens is 328 g/mol. The highest BCUT2D eigenvalue weighted by Crippen LogP contribution is 2.11. The Kier molecular flexibility index (Phi) is 6.24. The SMILES string of the molecule is NCC(=O)N(C(=O)OCc1ccccc1)C(Cc1cnc[nH]1)C(=O)O. The van der Waals surface area contributed by atoms with E-state index < -0.39 is 30.6 Å². The molecule has 1 atom stereocenters. The molecule has 1 aromatic carbocycles. The van der Waals surface area contributed by atoms with Crippen LogP contribution in [0.3, 0.4) is 0 Å². The first-order chi connectivity index (χ1) is 12.0. The number of hydrogen-bond acceptors (Lipinski definition) is 6. The third-order valence-corrected chi connectivity index (χ3v) is 3.41. The van der Waals surface area contributed by atoms with Crippen molar-refractivity contribution in [1.82, 2.24) is 14.9 Å². The van der Waals surface area contributed by atoms with Crippen LogP contribution in [0.2, 0.25) is 0 Å². The van der Waals surface area contributed by atoms with Crippen molar-refractivity contribution in [2.45, 2.75) is 19.1 Å². The number of imide groups is 1. The normalized spacial score (nSPS) is 11.6. The van der Waals surface area contributed by atoms with Crippen LogP contribution in [-0.4, -0.2) is 50.5 Å². The highest BCUT2D eigenvalue weighted by atomic mass is 16.6. The minimum atomic E-state index is -1.46. The minimum absolute atomic E-state index is 0.0928. The third kappa shape index (κ3) is 4.88. The number of aliphatic carboxylic acids is 1.